The normalized spacial score (nSPS) is 10.6. The number of aromatic amines is 1. The first-order chi connectivity index (χ1) is 9.10. The van der Waals surface area contributed by atoms with Crippen LogP contribution in [0, 0.1) is 0 Å². The minimum Gasteiger partial charge on any atom is -0.383 e. The Morgan fingerprint density at radius 1 is 1.37 bits per heavy atom. The fourth-order valence-electron chi connectivity index (χ4n) is 1.58. The van der Waals surface area contributed by atoms with E-state index in [1.807, 2.05) is 6.92 Å². The van der Waals surface area contributed by atoms with Crippen molar-refractivity contribution in [2.24, 2.45) is 0 Å². The van der Waals surface area contributed by atoms with Gasteiger partial charge in [-0.05, 0) is 18.2 Å². The third kappa shape index (κ3) is 3.22. The molecule has 0 bridgehead atoms. The van der Waals surface area contributed by atoms with Gasteiger partial charge in [-0.3, -0.25) is 4.79 Å². The van der Waals surface area contributed by atoms with Crippen LogP contribution in [0.2, 0.25) is 0 Å². The molecule has 0 aliphatic heterocycles. The Balaban J connectivity index is 2.37. The van der Waals surface area contributed by atoms with Crippen molar-refractivity contribution < 1.29 is 0 Å². The minimum atomic E-state index is -0.297. The predicted octanol–water partition coefficient (Wildman–Crippen LogP) is 0.828. The number of anilines is 2. The maximum atomic E-state index is 11.3. The topological polar surface area (TPSA) is 124 Å². The van der Waals surface area contributed by atoms with Crippen molar-refractivity contribution in [3.05, 3.63) is 28.3 Å². The summed E-state index contributed by atoms with van der Waals surface area (Å²) in [5.41, 5.74) is 11.9. The highest BCUT2D eigenvalue weighted by molar-refractivity contribution is 7.99. The first-order valence-corrected chi connectivity index (χ1v) is 6.56. The van der Waals surface area contributed by atoms with E-state index in [1.165, 1.54) is 24.2 Å². The Hall–Kier alpha value is -2.09. The van der Waals surface area contributed by atoms with Gasteiger partial charge in [0.1, 0.15) is 23.0 Å². The summed E-state index contributed by atoms with van der Waals surface area (Å²) in [5.74, 6) is 0.621. The van der Waals surface area contributed by atoms with Crippen LogP contribution in [0.4, 0.5) is 11.6 Å². The highest BCUT2D eigenvalue weighted by Gasteiger charge is 2.11. The zero-order valence-corrected chi connectivity index (χ0v) is 11.2. The Bertz CT molecular complexity index is 641. The lowest BCUT2D eigenvalue weighted by Crippen LogP contribution is -2.10. The van der Waals surface area contributed by atoms with Crippen molar-refractivity contribution in [3.63, 3.8) is 0 Å². The van der Waals surface area contributed by atoms with Gasteiger partial charge < -0.3 is 16.5 Å². The van der Waals surface area contributed by atoms with Crippen LogP contribution in [0.15, 0.2) is 27.4 Å². The monoisotopic (exact) mass is 278 g/mol. The number of hydrogen-bond acceptors (Lipinski definition) is 7. The molecular formula is C11H14N6OS. The molecule has 0 fully saturated rings. The second-order valence-electron chi connectivity index (χ2n) is 3.87. The molecule has 7 nitrogen and oxygen atoms in total. The maximum absolute atomic E-state index is 11.3. The van der Waals surface area contributed by atoms with E-state index in [9.17, 15) is 4.79 Å². The molecule has 0 atom stereocenters. The smallest absolute Gasteiger partial charge is 0.253 e. The Morgan fingerprint density at radius 3 is 2.84 bits per heavy atom. The minimum absolute atomic E-state index is 0.172. The molecule has 2 aromatic heterocycles. The number of hydrogen-bond donors (Lipinski definition) is 3. The summed E-state index contributed by atoms with van der Waals surface area (Å²) in [6.45, 7) is 2.04. The number of rotatable bonds is 4. The average Bonchev–Trinajstić information content (AvgIpc) is 2.32. The van der Waals surface area contributed by atoms with Crippen molar-refractivity contribution in [2.75, 3.05) is 11.5 Å². The molecule has 8 heteroatoms. The van der Waals surface area contributed by atoms with E-state index >= 15 is 0 Å². The molecule has 0 aromatic carbocycles. The van der Waals surface area contributed by atoms with Crippen molar-refractivity contribution in [1.82, 2.24) is 19.9 Å². The molecule has 0 saturated heterocycles. The molecule has 100 valence electrons. The summed E-state index contributed by atoms with van der Waals surface area (Å²) < 4.78 is 0. The molecule has 0 amide bonds. The van der Waals surface area contributed by atoms with Gasteiger partial charge in [-0.25, -0.2) is 15.0 Å². The number of nitrogens with one attached hydrogen (secondary N) is 1. The SMILES string of the molecule is CCCc1c(N)ncnc1Sc1nc(N)cc(=O)[nH]1. The second kappa shape index (κ2) is 5.70. The standard InChI is InChI=1S/C11H14N6OS/c1-2-3-6-9(13)14-5-15-10(6)19-11-16-7(12)4-8(18)17-11/h4-5H,2-3H2,1H3,(H2,13,14,15)(H3,12,16,17,18). The fraction of sp³-hybridized carbons (Fsp3) is 0.273. The Labute approximate surface area is 113 Å². The van der Waals surface area contributed by atoms with Gasteiger partial charge in [0.2, 0.25) is 0 Å². The highest BCUT2D eigenvalue weighted by atomic mass is 32.2. The Kier molecular flexibility index (Phi) is 4.00. The van der Waals surface area contributed by atoms with Gasteiger partial charge in [-0.15, -0.1) is 0 Å². The van der Waals surface area contributed by atoms with Gasteiger partial charge in [0.05, 0.1) is 0 Å². The number of nitrogen functional groups attached to an aromatic ring is 2. The zero-order chi connectivity index (χ0) is 13.8. The molecule has 2 aromatic rings. The van der Waals surface area contributed by atoms with Crippen LogP contribution in [0.25, 0.3) is 0 Å². The predicted molar refractivity (Wildman–Crippen MR) is 73.8 cm³/mol. The summed E-state index contributed by atoms with van der Waals surface area (Å²) in [4.78, 5) is 26.1. The first-order valence-electron chi connectivity index (χ1n) is 5.74. The summed E-state index contributed by atoms with van der Waals surface area (Å²) in [7, 11) is 0. The van der Waals surface area contributed by atoms with Crippen LogP contribution in [0.5, 0.6) is 0 Å². The molecule has 0 saturated carbocycles. The van der Waals surface area contributed by atoms with Crippen molar-refractivity contribution in [2.45, 2.75) is 29.9 Å². The van der Waals surface area contributed by atoms with Crippen molar-refractivity contribution in [1.29, 1.82) is 0 Å². The van der Waals surface area contributed by atoms with Gasteiger partial charge in [-0.1, -0.05) is 13.3 Å². The van der Waals surface area contributed by atoms with E-state index in [1.54, 1.807) is 0 Å². The van der Waals surface area contributed by atoms with E-state index in [0.717, 1.165) is 18.4 Å². The Morgan fingerprint density at radius 2 is 2.16 bits per heavy atom. The van der Waals surface area contributed by atoms with Gasteiger partial charge in [0.25, 0.3) is 5.56 Å². The molecule has 0 radical (unpaired) electrons. The first kappa shape index (κ1) is 13.3. The van der Waals surface area contributed by atoms with Crippen LogP contribution in [0.1, 0.15) is 18.9 Å². The van der Waals surface area contributed by atoms with Crippen LogP contribution in [-0.2, 0) is 6.42 Å². The fourth-order valence-corrected chi connectivity index (χ4v) is 2.49. The third-order valence-electron chi connectivity index (χ3n) is 2.37. The van der Waals surface area contributed by atoms with Gasteiger partial charge >= 0.3 is 0 Å². The summed E-state index contributed by atoms with van der Waals surface area (Å²) in [5, 5.41) is 1.07. The van der Waals surface area contributed by atoms with Crippen LogP contribution < -0.4 is 17.0 Å². The van der Waals surface area contributed by atoms with Crippen LogP contribution in [0.3, 0.4) is 0 Å². The molecule has 2 rings (SSSR count). The van der Waals surface area contributed by atoms with E-state index in [4.69, 9.17) is 11.5 Å². The number of H-pyrrole nitrogens is 1. The molecule has 5 N–H and O–H groups in total. The average molecular weight is 278 g/mol. The largest absolute Gasteiger partial charge is 0.383 e. The number of nitrogens with two attached hydrogens (primary N) is 2. The number of aromatic nitrogens is 4. The molecule has 19 heavy (non-hydrogen) atoms. The van der Waals surface area contributed by atoms with E-state index in [0.29, 0.717) is 16.0 Å². The van der Waals surface area contributed by atoms with E-state index in [-0.39, 0.29) is 11.4 Å². The van der Waals surface area contributed by atoms with Crippen LogP contribution >= 0.6 is 11.8 Å². The molecule has 0 aliphatic carbocycles. The number of nitrogens with zero attached hydrogens (tertiary/aromatic N) is 3. The van der Waals surface area contributed by atoms with Crippen molar-refractivity contribution >= 4 is 23.4 Å². The summed E-state index contributed by atoms with van der Waals surface area (Å²) in [6, 6.07) is 1.23. The zero-order valence-electron chi connectivity index (χ0n) is 10.4. The second-order valence-corrected chi connectivity index (χ2v) is 4.85. The molecule has 0 unspecified atom stereocenters. The molecule has 0 spiro atoms. The van der Waals surface area contributed by atoms with E-state index in [2.05, 4.69) is 19.9 Å². The lowest BCUT2D eigenvalue weighted by molar-refractivity contribution is 0.856. The van der Waals surface area contributed by atoms with Gasteiger partial charge in [0.15, 0.2) is 5.16 Å². The maximum Gasteiger partial charge on any atom is 0.253 e. The molecule has 0 aliphatic rings. The highest BCUT2D eigenvalue weighted by Crippen LogP contribution is 2.28. The van der Waals surface area contributed by atoms with E-state index < -0.39 is 0 Å². The van der Waals surface area contributed by atoms with Gasteiger partial charge in [-0.2, -0.15) is 0 Å². The lowest BCUT2D eigenvalue weighted by Gasteiger charge is -2.08. The quantitative estimate of drug-likeness (QED) is 0.559. The molecular weight excluding hydrogens is 264 g/mol. The third-order valence-corrected chi connectivity index (χ3v) is 3.30. The summed E-state index contributed by atoms with van der Waals surface area (Å²) >= 11 is 1.22. The summed E-state index contributed by atoms with van der Waals surface area (Å²) in [6.07, 6.45) is 3.08. The van der Waals surface area contributed by atoms with Crippen LogP contribution in [-0.4, -0.2) is 19.9 Å². The molecule has 2 heterocycles. The van der Waals surface area contributed by atoms with Gasteiger partial charge in [0, 0.05) is 11.6 Å². The van der Waals surface area contributed by atoms with Crippen molar-refractivity contribution in [3.8, 4) is 0 Å². The lowest BCUT2D eigenvalue weighted by atomic mass is 10.2.